The molecule has 8 heteroatoms. The predicted octanol–water partition coefficient (Wildman–Crippen LogP) is 4.14. The van der Waals surface area contributed by atoms with Crippen LogP contribution in [0.3, 0.4) is 0 Å². The van der Waals surface area contributed by atoms with Gasteiger partial charge in [-0.25, -0.2) is 13.8 Å². The van der Waals surface area contributed by atoms with Crippen molar-refractivity contribution in [2.45, 2.75) is 52.5 Å². The minimum Gasteiger partial charge on any atom is -0.349 e. The molecule has 2 aromatic rings. The molecule has 1 aromatic carbocycles. The van der Waals surface area contributed by atoms with Crippen LogP contribution in [0.25, 0.3) is 0 Å². The number of thiazole rings is 1. The molecule has 0 aliphatic heterocycles. The van der Waals surface area contributed by atoms with E-state index in [0.29, 0.717) is 5.13 Å². The first-order valence-electron chi connectivity index (χ1n) is 8.85. The Morgan fingerprint density at radius 1 is 1.22 bits per heavy atom. The molecule has 1 aromatic heterocycles. The lowest BCUT2D eigenvalue weighted by Crippen LogP contribution is -2.31. The van der Waals surface area contributed by atoms with Gasteiger partial charge in [0.15, 0.2) is 5.13 Å². The lowest BCUT2D eigenvalue weighted by atomic mass is 10.0. The molecule has 5 nitrogen and oxygen atoms in total. The van der Waals surface area contributed by atoms with Gasteiger partial charge < -0.3 is 10.6 Å². The van der Waals surface area contributed by atoms with E-state index in [4.69, 9.17) is 0 Å². The number of hydrogen-bond acceptors (Lipinski definition) is 4. The molecule has 0 saturated heterocycles. The monoisotopic (exact) mass is 395 g/mol. The van der Waals surface area contributed by atoms with Crippen LogP contribution in [0.15, 0.2) is 18.2 Å². The molecule has 0 aliphatic carbocycles. The molecular formula is C19H23F2N3O2S. The summed E-state index contributed by atoms with van der Waals surface area (Å²) in [6.45, 7) is 5.30. The number of aryl methyl sites for hydroxylation is 2. The van der Waals surface area contributed by atoms with Crippen LogP contribution in [0, 0.1) is 11.6 Å². The predicted molar refractivity (Wildman–Crippen MR) is 102 cm³/mol. The fraction of sp³-hybridized carbons (Fsp3) is 0.421. The summed E-state index contributed by atoms with van der Waals surface area (Å²) in [6, 6.07) is 2.31. The van der Waals surface area contributed by atoms with Gasteiger partial charge in [0.1, 0.15) is 11.6 Å². The SMILES string of the molecule is CCCc1nc(NC(=O)CC(NC(C)=O)c2c(F)cccc2F)sc1CC. The topological polar surface area (TPSA) is 71.1 Å². The molecular weight excluding hydrogens is 372 g/mol. The van der Waals surface area contributed by atoms with E-state index in [-0.39, 0.29) is 12.0 Å². The molecule has 146 valence electrons. The summed E-state index contributed by atoms with van der Waals surface area (Å²) >= 11 is 1.39. The van der Waals surface area contributed by atoms with E-state index in [9.17, 15) is 18.4 Å². The smallest absolute Gasteiger partial charge is 0.228 e. The molecule has 27 heavy (non-hydrogen) atoms. The number of rotatable bonds is 8. The number of anilines is 1. The van der Waals surface area contributed by atoms with Crippen molar-refractivity contribution < 1.29 is 18.4 Å². The Kier molecular flexibility index (Phi) is 7.41. The van der Waals surface area contributed by atoms with Crippen LogP contribution in [0.5, 0.6) is 0 Å². The summed E-state index contributed by atoms with van der Waals surface area (Å²) in [5.74, 6) is -2.58. The Balaban J connectivity index is 2.18. The van der Waals surface area contributed by atoms with Gasteiger partial charge in [0.25, 0.3) is 0 Å². The third-order valence-corrected chi connectivity index (χ3v) is 5.11. The minimum atomic E-state index is -1.11. The highest BCUT2D eigenvalue weighted by Crippen LogP contribution is 2.27. The van der Waals surface area contributed by atoms with Crippen molar-refractivity contribution in [3.63, 3.8) is 0 Å². The second kappa shape index (κ2) is 9.55. The second-order valence-electron chi connectivity index (χ2n) is 6.13. The Hall–Kier alpha value is -2.35. The molecule has 0 saturated carbocycles. The fourth-order valence-electron chi connectivity index (χ4n) is 2.82. The van der Waals surface area contributed by atoms with E-state index in [1.165, 1.54) is 24.3 Å². The maximum atomic E-state index is 14.1. The number of nitrogens with one attached hydrogen (secondary N) is 2. The number of nitrogens with zero attached hydrogens (tertiary/aromatic N) is 1. The Morgan fingerprint density at radius 3 is 2.44 bits per heavy atom. The zero-order valence-electron chi connectivity index (χ0n) is 15.6. The average Bonchev–Trinajstić information content (AvgIpc) is 2.95. The maximum absolute atomic E-state index is 14.1. The number of carbonyl (C=O) groups excluding carboxylic acids is 2. The van der Waals surface area contributed by atoms with E-state index >= 15 is 0 Å². The molecule has 0 spiro atoms. The molecule has 0 bridgehead atoms. The van der Waals surface area contributed by atoms with Gasteiger partial charge in [0.05, 0.1) is 18.2 Å². The Labute approximate surface area is 161 Å². The lowest BCUT2D eigenvalue weighted by molar-refractivity contribution is -0.120. The standard InChI is InChI=1S/C19H23F2N3O2S/c1-4-7-14-16(5-2)27-19(23-14)24-17(26)10-15(22-11(3)25)18-12(20)8-6-9-13(18)21/h6,8-9,15H,4-5,7,10H2,1-3H3,(H,22,25)(H,23,24,26). The number of benzene rings is 1. The highest BCUT2D eigenvalue weighted by Gasteiger charge is 2.24. The summed E-state index contributed by atoms with van der Waals surface area (Å²) < 4.78 is 28.2. The molecule has 0 fully saturated rings. The van der Waals surface area contributed by atoms with Crippen molar-refractivity contribution >= 4 is 28.3 Å². The van der Waals surface area contributed by atoms with Gasteiger partial charge in [-0.2, -0.15) is 0 Å². The van der Waals surface area contributed by atoms with Crippen molar-refractivity contribution in [1.82, 2.24) is 10.3 Å². The van der Waals surface area contributed by atoms with Crippen LogP contribution < -0.4 is 10.6 Å². The molecule has 2 rings (SSSR count). The van der Waals surface area contributed by atoms with Gasteiger partial charge in [0, 0.05) is 17.4 Å². The largest absolute Gasteiger partial charge is 0.349 e. The minimum absolute atomic E-state index is 0.304. The Bertz CT molecular complexity index is 803. The highest BCUT2D eigenvalue weighted by molar-refractivity contribution is 7.15. The third kappa shape index (κ3) is 5.56. The first kappa shape index (κ1) is 21.0. The fourth-order valence-corrected chi connectivity index (χ4v) is 3.78. The summed E-state index contributed by atoms with van der Waals surface area (Å²) in [6.07, 6.45) is 2.28. The van der Waals surface area contributed by atoms with Crippen molar-refractivity contribution in [3.05, 3.63) is 46.0 Å². The molecule has 0 aliphatic rings. The van der Waals surface area contributed by atoms with E-state index in [1.807, 2.05) is 6.92 Å². The quantitative estimate of drug-likeness (QED) is 0.706. The molecule has 0 radical (unpaired) electrons. The van der Waals surface area contributed by atoms with Crippen LogP contribution in [-0.4, -0.2) is 16.8 Å². The number of carbonyl (C=O) groups is 2. The second-order valence-corrected chi connectivity index (χ2v) is 7.22. The van der Waals surface area contributed by atoms with Crippen molar-refractivity contribution in [2.75, 3.05) is 5.32 Å². The van der Waals surface area contributed by atoms with E-state index in [1.54, 1.807) is 0 Å². The lowest BCUT2D eigenvalue weighted by Gasteiger charge is -2.19. The van der Waals surface area contributed by atoms with Crippen LogP contribution in [0.2, 0.25) is 0 Å². The van der Waals surface area contributed by atoms with Crippen LogP contribution >= 0.6 is 11.3 Å². The first-order valence-corrected chi connectivity index (χ1v) is 9.66. The number of amides is 2. The van der Waals surface area contributed by atoms with Gasteiger partial charge in [-0.1, -0.05) is 26.3 Å². The highest BCUT2D eigenvalue weighted by atomic mass is 32.1. The zero-order chi connectivity index (χ0) is 20.0. The van der Waals surface area contributed by atoms with E-state index < -0.39 is 29.5 Å². The van der Waals surface area contributed by atoms with Gasteiger partial charge in [-0.3, -0.25) is 9.59 Å². The number of hydrogen-bond donors (Lipinski definition) is 2. The van der Waals surface area contributed by atoms with Crippen LogP contribution in [-0.2, 0) is 22.4 Å². The number of halogens is 2. The summed E-state index contributed by atoms with van der Waals surface area (Å²) in [5.41, 5.74) is 0.627. The third-order valence-electron chi connectivity index (χ3n) is 3.95. The normalized spacial score (nSPS) is 11.9. The average molecular weight is 395 g/mol. The Morgan fingerprint density at radius 2 is 1.89 bits per heavy atom. The summed E-state index contributed by atoms with van der Waals surface area (Å²) in [5, 5.41) is 5.58. The number of aromatic nitrogens is 1. The van der Waals surface area contributed by atoms with Crippen LogP contribution in [0.4, 0.5) is 13.9 Å². The van der Waals surface area contributed by atoms with Gasteiger partial charge >= 0.3 is 0 Å². The summed E-state index contributed by atoms with van der Waals surface area (Å²) in [7, 11) is 0. The molecule has 2 N–H and O–H groups in total. The van der Waals surface area contributed by atoms with Gasteiger partial charge in [-0.05, 0) is 25.0 Å². The maximum Gasteiger partial charge on any atom is 0.228 e. The molecule has 2 amide bonds. The zero-order valence-corrected chi connectivity index (χ0v) is 16.4. The first-order chi connectivity index (χ1) is 12.8. The van der Waals surface area contributed by atoms with Gasteiger partial charge in [0.2, 0.25) is 11.8 Å². The summed E-state index contributed by atoms with van der Waals surface area (Å²) in [4.78, 5) is 29.4. The van der Waals surface area contributed by atoms with Crippen molar-refractivity contribution in [1.29, 1.82) is 0 Å². The molecule has 1 atom stereocenters. The van der Waals surface area contributed by atoms with Crippen molar-refractivity contribution in [3.8, 4) is 0 Å². The molecule has 1 heterocycles. The van der Waals surface area contributed by atoms with Gasteiger partial charge in [-0.15, -0.1) is 11.3 Å². The van der Waals surface area contributed by atoms with E-state index in [0.717, 1.165) is 42.0 Å². The van der Waals surface area contributed by atoms with E-state index in [2.05, 4.69) is 22.5 Å². The van der Waals surface area contributed by atoms with Crippen LogP contribution in [0.1, 0.15) is 55.8 Å². The van der Waals surface area contributed by atoms with Crippen molar-refractivity contribution in [2.24, 2.45) is 0 Å². The molecule has 1 unspecified atom stereocenters.